The smallest absolute Gasteiger partial charge is 0.277 e. The zero-order valence-electron chi connectivity index (χ0n) is 11.1. The van der Waals surface area contributed by atoms with Gasteiger partial charge in [-0.05, 0) is 30.5 Å². The van der Waals surface area contributed by atoms with Gasteiger partial charge in [0.15, 0.2) is 11.5 Å². The fourth-order valence-corrected chi connectivity index (χ4v) is 3.73. The van der Waals surface area contributed by atoms with Crippen molar-refractivity contribution in [1.29, 1.82) is 0 Å². The van der Waals surface area contributed by atoms with E-state index in [0.717, 1.165) is 24.8 Å². The summed E-state index contributed by atoms with van der Waals surface area (Å²) in [6.45, 7) is 1.72. The Morgan fingerprint density at radius 3 is 2.65 bits per heavy atom. The molecule has 2 heterocycles. The third-order valence-corrected chi connectivity index (χ3v) is 4.78. The molecule has 0 saturated carbocycles. The summed E-state index contributed by atoms with van der Waals surface area (Å²) in [5, 5.41) is 5.27. The van der Waals surface area contributed by atoms with E-state index in [1.807, 2.05) is 18.2 Å². The third-order valence-electron chi connectivity index (χ3n) is 3.69. The van der Waals surface area contributed by atoms with Gasteiger partial charge in [-0.2, -0.15) is 12.7 Å². The first-order chi connectivity index (χ1) is 9.55. The van der Waals surface area contributed by atoms with E-state index in [4.69, 9.17) is 14.6 Å². The van der Waals surface area contributed by atoms with E-state index >= 15 is 0 Å². The summed E-state index contributed by atoms with van der Waals surface area (Å²) in [6, 6.07) is 5.40. The standard InChI is InChI=1S/C13H18N2O4S/c14-20(16,17)15-6-1-3-11(15)10-4-5-12-13(9-10)19-8-2-7-18-12/h4-5,9,11H,1-3,6-8H2,(H2,14,16,17)/t11-/m0/s1. The van der Waals surface area contributed by atoms with Crippen molar-refractivity contribution in [3.63, 3.8) is 0 Å². The summed E-state index contributed by atoms with van der Waals surface area (Å²) in [4.78, 5) is 0. The van der Waals surface area contributed by atoms with Crippen LogP contribution >= 0.6 is 0 Å². The quantitative estimate of drug-likeness (QED) is 0.889. The van der Waals surface area contributed by atoms with Crippen molar-refractivity contribution in [2.45, 2.75) is 25.3 Å². The molecule has 1 saturated heterocycles. The van der Waals surface area contributed by atoms with Gasteiger partial charge in [0.1, 0.15) is 0 Å². The summed E-state index contributed by atoms with van der Waals surface area (Å²) >= 11 is 0. The van der Waals surface area contributed by atoms with Crippen molar-refractivity contribution in [3.05, 3.63) is 23.8 Å². The van der Waals surface area contributed by atoms with E-state index < -0.39 is 10.2 Å². The van der Waals surface area contributed by atoms with Crippen molar-refractivity contribution < 1.29 is 17.9 Å². The Hall–Kier alpha value is -1.31. The number of hydrogen-bond donors (Lipinski definition) is 1. The Morgan fingerprint density at radius 1 is 1.15 bits per heavy atom. The van der Waals surface area contributed by atoms with Gasteiger partial charge >= 0.3 is 0 Å². The topological polar surface area (TPSA) is 81.9 Å². The molecule has 3 rings (SSSR count). The van der Waals surface area contributed by atoms with E-state index in [9.17, 15) is 8.42 Å². The lowest BCUT2D eigenvalue weighted by atomic mass is 10.0. The van der Waals surface area contributed by atoms with Gasteiger partial charge in [0.05, 0.1) is 19.3 Å². The Balaban J connectivity index is 1.92. The first-order valence-electron chi connectivity index (χ1n) is 6.75. The molecule has 1 atom stereocenters. The molecule has 20 heavy (non-hydrogen) atoms. The molecule has 7 heteroatoms. The molecule has 0 aromatic heterocycles. The predicted octanol–water partition coefficient (Wildman–Crippen LogP) is 1.19. The number of nitrogens with two attached hydrogens (primary N) is 1. The highest BCUT2D eigenvalue weighted by Gasteiger charge is 2.33. The van der Waals surface area contributed by atoms with Crippen LogP contribution in [-0.2, 0) is 10.2 Å². The van der Waals surface area contributed by atoms with Crippen molar-refractivity contribution in [3.8, 4) is 11.5 Å². The lowest BCUT2D eigenvalue weighted by molar-refractivity contribution is 0.296. The molecule has 0 bridgehead atoms. The maximum absolute atomic E-state index is 11.6. The molecule has 2 aliphatic heterocycles. The van der Waals surface area contributed by atoms with Crippen LogP contribution in [0.2, 0.25) is 0 Å². The maximum Gasteiger partial charge on any atom is 0.277 e. The summed E-state index contributed by atoms with van der Waals surface area (Å²) in [5.74, 6) is 1.40. The molecular formula is C13H18N2O4S. The first kappa shape index (κ1) is 13.7. The predicted molar refractivity (Wildman–Crippen MR) is 73.8 cm³/mol. The molecule has 0 aliphatic carbocycles. The molecule has 0 spiro atoms. The van der Waals surface area contributed by atoms with Crippen molar-refractivity contribution in [1.82, 2.24) is 4.31 Å². The molecule has 0 amide bonds. The Kier molecular flexibility index (Phi) is 3.57. The van der Waals surface area contributed by atoms with Crippen LogP contribution in [0.15, 0.2) is 18.2 Å². The number of rotatable bonds is 2. The lowest BCUT2D eigenvalue weighted by Gasteiger charge is -2.22. The van der Waals surface area contributed by atoms with Gasteiger partial charge in [-0.1, -0.05) is 6.07 Å². The maximum atomic E-state index is 11.6. The molecule has 0 unspecified atom stereocenters. The van der Waals surface area contributed by atoms with Crippen LogP contribution < -0.4 is 14.6 Å². The lowest BCUT2D eigenvalue weighted by Crippen LogP contribution is -2.36. The highest BCUT2D eigenvalue weighted by atomic mass is 32.2. The molecule has 1 aromatic rings. The molecule has 6 nitrogen and oxygen atoms in total. The summed E-state index contributed by atoms with van der Waals surface area (Å²) < 4.78 is 35.8. The normalized spacial score (nSPS) is 23.6. The number of nitrogens with zero attached hydrogens (tertiary/aromatic N) is 1. The van der Waals surface area contributed by atoms with Crippen LogP contribution in [0.25, 0.3) is 0 Å². The van der Waals surface area contributed by atoms with Crippen molar-refractivity contribution in [2.75, 3.05) is 19.8 Å². The minimum atomic E-state index is -3.67. The zero-order chi connectivity index (χ0) is 14.2. The zero-order valence-corrected chi connectivity index (χ0v) is 11.9. The number of ether oxygens (including phenoxy) is 2. The fourth-order valence-electron chi connectivity index (χ4n) is 2.76. The number of fused-ring (bicyclic) bond motifs is 1. The van der Waals surface area contributed by atoms with Crippen molar-refractivity contribution in [2.24, 2.45) is 5.14 Å². The van der Waals surface area contributed by atoms with E-state index in [0.29, 0.717) is 31.3 Å². The van der Waals surface area contributed by atoms with Gasteiger partial charge in [-0.15, -0.1) is 0 Å². The second kappa shape index (κ2) is 5.23. The highest BCUT2D eigenvalue weighted by molar-refractivity contribution is 7.86. The largest absolute Gasteiger partial charge is 0.490 e. The average molecular weight is 298 g/mol. The molecule has 2 N–H and O–H groups in total. The van der Waals surface area contributed by atoms with E-state index in [1.165, 1.54) is 4.31 Å². The minimum absolute atomic E-state index is 0.206. The minimum Gasteiger partial charge on any atom is -0.490 e. The fraction of sp³-hybridized carbons (Fsp3) is 0.538. The van der Waals surface area contributed by atoms with Gasteiger partial charge in [0.2, 0.25) is 0 Å². The Labute approximate surface area is 118 Å². The summed E-state index contributed by atoms with van der Waals surface area (Å²) in [6.07, 6.45) is 2.43. The molecule has 2 aliphatic rings. The van der Waals surface area contributed by atoms with Gasteiger partial charge in [0, 0.05) is 13.0 Å². The van der Waals surface area contributed by atoms with Crippen molar-refractivity contribution >= 4 is 10.2 Å². The van der Waals surface area contributed by atoms with Gasteiger partial charge < -0.3 is 9.47 Å². The third kappa shape index (κ3) is 2.61. The van der Waals surface area contributed by atoms with Gasteiger partial charge in [-0.3, -0.25) is 0 Å². The monoisotopic (exact) mass is 298 g/mol. The Bertz CT molecular complexity index is 602. The van der Waals surface area contributed by atoms with Crippen LogP contribution in [0.1, 0.15) is 30.9 Å². The van der Waals surface area contributed by atoms with Crippen LogP contribution in [0.4, 0.5) is 0 Å². The first-order valence-corrected chi connectivity index (χ1v) is 8.25. The molecular weight excluding hydrogens is 280 g/mol. The molecule has 0 radical (unpaired) electrons. The van der Waals surface area contributed by atoms with Crippen LogP contribution in [0.5, 0.6) is 11.5 Å². The second-order valence-electron chi connectivity index (χ2n) is 5.07. The van der Waals surface area contributed by atoms with E-state index in [2.05, 4.69) is 0 Å². The molecule has 110 valence electrons. The second-order valence-corrected chi connectivity index (χ2v) is 6.57. The van der Waals surface area contributed by atoms with Crippen LogP contribution in [0, 0.1) is 0 Å². The van der Waals surface area contributed by atoms with Crippen LogP contribution in [-0.4, -0.2) is 32.5 Å². The van der Waals surface area contributed by atoms with Gasteiger partial charge in [0.25, 0.3) is 10.2 Å². The van der Waals surface area contributed by atoms with Crippen LogP contribution in [0.3, 0.4) is 0 Å². The van der Waals surface area contributed by atoms with Gasteiger partial charge in [-0.25, -0.2) is 5.14 Å². The summed E-state index contributed by atoms with van der Waals surface area (Å²) in [5.41, 5.74) is 0.903. The molecule has 1 aromatic carbocycles. The molecule has 1 fully saturated rings. The summed E-state index contributed by atoms with van der Waals surface area (Å²) in [7, 11) is -3.67. The average Bonchev–Trinajstić information content (AvgIpc) is 2.78. The number of hydrogen-bond acceptors (Lipinski definition) is 4. The number of benzene rings is 1. The van der Waals surface area contributed by atoms with E-state index in [-0.39, 0.29) is 6.04 Å². The Morgan fingerprint density at radius 2 is 1.90 bits per heavy atom. The highest BCUT2D eigenvalue weighted by Crippen LogP contribution is 2.38. The SMILES string of the molecule is NS(=O)(=O)N1CCC[C@H]1c1ccc2c(c1)OCCCO2. The van der Waals surface area contributed by atoms with E-state index in [1.54, 1.807) is 0 Å².